The van der Waals surface area contributed by atoms with E-state index < -0.39 is 11.3 Å². The molecule has 0 radical (unpaired) electrons. The lowest BCUT2D eigenvalue weighted by molar-refractivity contribution is -0.140. The number of carboxylic acids is 1. The molecule has 0 amide bonds. The van der Waals surface area contributed by atoms with Gasteiger partial charge in [-0.25, -0.2) is 0 Å². The third-order valence-electron chi connectivity index (χ3n) is 3.04. The topological polar surface area (TPSA) is 37.3 Å². The van der Waals surface area contributed by atoms with Gasteiger partial charge in [0.2, 0.25) is 0 Å². The van der Waals surface area contributed by atoms with Gasteiger partial charge in [0, 0.05) is 5.31 Å². The Morgan fingerprint density at radius 2 is 1.94 bits per heavy atom. The lowest BCUT2D eigenvalue weighted by Gasteiger charge is -2.24. The number of carbonyl (C=O) groups is 1. The van der Waals surface area contributed by atoms with Gasteiger partial charge in [0.05, 0.1) is 0 Å². The zero-order valence-electron chi connectivity index (χ0n) is 10.5. The molecule has 1 aromatic carbocycles. The molecule has 1 aromatic rings. The normalized spacial score (nSPS) is 13.5. The van der Waals surface area contributed by atoms with Gasteiger partial charge in [0.25, 0.3) is 0 Å². The van der Waals surface area contributed by atoms with Crippen molar-refractivity contribution in [1.82, 2.24) is 0 Å². The van der Waals surface area contributed by atoms with Crippen LogP contribution in [0.4, 0.5) is 0 Å². The van der Waals surface area contributed by atoms with Crippen molar-refractivity contribution in [2.24, 2.45) is 0 Å². The standard InChI is InChI=1S/C13H19BO2.ClH/c1-2-3-9-13(14,12(15)16)10-11-7-5-4-6-8-11;/h4-8H,2-3,9-10,14H2,1H3,(H,15,16);1H. The number of rotatable bonds is 6. The first-order valence-corrected chi connectivity index (χ1v) is 5.86. The van der Waals surface area contributed by atoms with Gasteiger partial charge in [-0.1, -0.05) is 50.1 Å². The predicted molar refractivity (Wildman–Crippen MR) is 75.8 cm³/mol. The van der Waals surface area contributed by atoms with Gasteiger partial charge in [-0.3, -0.25) is 4.79 Å². The third-order valence-corrected chi connectivity index (χ3v) is 3.04. The molecule has 4 heteroatoms. The fourth-order valence-electron chi connectivity index (χ4n) is 1.88. The Morgan fingerprint density at radius 1 is 1.35 bits per heavy atom. The number of hydrogen-bond donors (Lipinski definition) is 1. The van der Waals surface area contributed by atoms with Crippen LogP contribution in [0.2, 0.25) is 5.31 Å². The van der Waals surface area contributed by atoms with Crippen molar-refractivity contribution in [2.75, 3.05) is 0 Å². The third kappa shape index (κ3) is 4.82. The second-order valence-electron chi connectivity index (χ2n) is 4.63. The summed E-state index contributed by atoms with van der Waals surface area (Å²) in [4.78, 5) is 11.3. The number of carboxylic acid groups (broad SMARTS) is 1. The van der Waals surface area contributed by atoms with Crippen molar-refractivity contribution < 1.29 is 9.90 Å². The molecule has 94 valence electrons. The zero-order chi connectivity index (χ0) is 12.0. The number of halogens is 1. The van der Waals surface area contributed by atoms with Crippen LogP contribution >= 0.6 is 12.4 Å². The van der Waals surface area contributed by atoms with E-state index in [1.54, 1.807) is 0 Å². The fourth-order valence-corrected chi connectivity index (χ4v) is 1.88. The van der Waals surface area contributed by atoms with Gasteiger partial charge in [-0.2, -0.15) is 0 Å². The van der Waals surface area contributed by atoms with E-state index in [2.05, 4.69) is 6.92 Å². The Labute approximate surface area is 110 Å². The van der Waals surface area contributed by atoms with Crippen LogP contribution in [-0.2, 0) is 11.2 Å². The largest absolute Gasteiger partial charge is 0.481 e. The zero-order valence-corrected chi connectivity index (χ0v) is 11.3. The van der Waals surface area contributed by atoms with Crippen molar-refractivity contribution in [3.8, 4) is 0 Å². The molecule has 0 fully saturated rings. The highest BCUT2D eigenvalue weighted by atomic mass is 35.5. The highest BCUT2D eigenvalue weighted by Crippen LogP contribution is 2.33. The maximum atomic E-state index is 11.3. The van der Waals surface area contributed by atoms with Crippen molar-refractivity contribution in [1.29, 1.82) is 0 Å². The first-order valence-electron chi connectivity index (χ1n) is 5.86. The Morgan fingerprint density at radius 3 is 2.41 bits per heavy atom. The highest BCUT2D eigenvalue weighted by molar-refractivity contribution is 6.26. The molecule has 0 aliphatic heterocycles. The molecule has 0 aliphatic carbocycles. The molecule has 1 N–H and O–H groups in total. The van der Waals surface area contributed by atoms with E-state index in [-0.39, 0.29) is 12.4 Å². The summed E-state index contributed by atoms with van der Waals surface area (Å²) in [6, 6.07) is 9.85. The number of benzene rings is 1. The van der Waals surface area contributed by atoms with Gasteiger partial charge in [-0.15, -0.1) is 12.4 Å². The van der Waals surface area contributed by atoms with Crippen LogP contribution in [0.15, 0.2) is 30.3 Å². The minimum atomic E-state index is -0.690. The second kappa shape index (κ2) is 7.39. The maximum absolute atomic E-state index is 11.3. The molecule has 0 bridgehead atoms. The molecule has 0 aromatic heterocycles. The quantitative estimate of drug-likeness (QED) is 0.793. The summed E-state index contributed by atoms with van der Waals surface area (Å²) in [5.74, 6) is -0.690. The number of hydrogen-bond acceptors (Lipinski definition) is 1. The predicted octanol–water partition coefficient (Wildman–Crippen LogP) is 2.72. The lowest BCUT2D eigenvalue weighted by atomic mass is 9.62. The minimum Gasteiger partial charge on any atom is -0.481 e. The molecule has 0 saturated carbocycles. The summed E-state index contributed by atoms with van der Waals surface area (Å²) in [7, 11) is 1.85. The smallest absolute Gasteiger partial charge is 0.301 e. The van der Waals surface area contributed by atoms with Gasteiger partial charge < -0.3 is 5.11 Å². The summed E-state index contributed by atoms with van der Waals surface area (Å²) in [5, 5.41) is 8.69. The van der Waals surface area contributed by atoms with Crippen LogP contribution in [0.1, 0.15) is 31.7 Å². The molecular weight excluding hydrogens is 234 g/mol. The van der Waals surface area contributed by atoms with Gasteiger partial charge in [0.1, 0.15) is 7.85 Å². The molecule has 1 atom stereocenters. The van der Waals surface area contributed by atoms with E-state index in [0.29, 0.717) is 6.42 Å². The van der Waals surface area contributed by atoms with Crippen molar-refractivity contribution >= 4 is 26.2 Å². The molecule has 0 heterocycles. The Balaban J connectivity index is 0.00000256. The Hall–Kier alpha value is -0.955. The molecule has 0 saturated heterocycles. The fraction of sp³-hybridized carbons (Fsp3) is 0.462. The van der Waals surface area contributed by atoms with Crippen LogP contribution in [0.25, 0.3) is 0 Å². The van der Waals surface area contributed by atoms with Crippen molar-refractivity contribution in [2.45, 2.75) is 37.9 Å². The number of unbranched alkanes of at least 4 members (excludes halogenated alkanes) is 1. The van der Waals surface area contributed by atoms with Crippen molar-refractivity contribution in [3.05, 3.63) is 35.9 Å². The van der Waals surface area contributed by atoms with Gasteiger partial charge >= 0.3 is 5.97 Å². The highest BCUT2D eigenvalue weighted by Gasteiger charge is 2.32. The van der Waals surface area contributed by atoms with Crippen LogP contribution in [-0.4, -0.2) is 18.9 Å². The van der Waals surface area contributed by atoms with Crippen molar-refractivity contribution in [3.63, 3.8) is 0 Å². The van der Waals surface area contributed by atoms with Gasteiger partial charge in [-0.05, 0) is 18.4 Å². The average molecular weight is 255 g/mol. The van der Waals surface area contributed by atoms with Gasteiger partial charge in [0.15, 0.2) is 0 Å². The summed E-state index contributed by atoms with van der Waals surface area (Å²) in [6.07, 6.45) is 3.37. The van der Waals surface area contributed by atoms with Crippen LogP contribution < -0.4 is 0 Å². The SMILES string of the molecule is BC(CCCC)(Cc1ccccc1)C(=O)O.Cl. The first kappa shape index (κ1) is 16.0. The van der Waals surface area contributed by atoms with E-state index in [4.69, 9.17) is 0 Å². The summed E-state index contributed by atoms with van der Waals surface area (Å²) in [6.45, 7) is 2.09. The second-order valence-corrected chi connectivity index (χ2v) is 4.63. The number of aliphatic carboxylic acids is 1. The lowest BCUT2D eigenvalue weighted by Crippen LogP contribution is -2.26. The maximum Gasteiger partial charge on any atom is 0.301 e. The molecule has 1 rings (SSSR count). The molecule has 0 spiro atoms. The molecule has 1 unspecified atom stereocenters. The average Bonchev–Trinajstić information content (AvgIpc) is 2.27. The minimum absolute atomic E-state index is 0. The Bertz CT molecular complexity index is 343. The molecular formula is C13H20BClO2. The van der Waals surface area contributed by atoms with E-state index in [1.165, 1.54) is 0 Å². The van der Waals surface area contributed by atoms with Crippen LogP contribution in [0.5, 0.6) is 0 Å². The van der Waals surface area contributed by atoms with E-state index in [0.717, 1.165) is 24.8 Å². The summed E-state index contributed by atoms with van der Waals surface area (Å²) in [5.41, 5.74) is 1.10. The summed E-state index contributed by atoms with van der Waals surface area (Å²) >= 11 is 0. The first-order chi connectivity index (χ1) is 7.58. The monoisotopic (exact) mass is 254 g/mol. The molecule has 17 heavy (non-hydrogen) atoms. The van der Waals surface area contributed by atoms with E-state index in [9.17, 15) is 9.90 Å². The van der Waals surface area contributed by atoms with E-state index >= 15 is 0 Å². The summed E-state index contributed by atoms with van der Waals surface area (Å²) < 4.78 is 0. The molecule has 2 nitrogen and oxygen atoms in total. The van der Waals surface area contributed by atoms with Crippen LogP contribution in [0, 0.1) is 0 Å². The molecule has 0 aliphatic rings. The van der Waals surface area contributed by atoms with Crippen LogP contribution in [0.3, 0.4) is 0 Å². The Kier molecular flexibility index (Phi) is 6.97. The van der Waals surface area contributed by atoms with E-state index in [1.807, 2.05) is 38.2 Å².